The SMILES string of the molecule is C[C@@H]1CCCN1c1ccc(C(=O)Nc2c(-c3ccn[nH]3)ccnc2N2CCC(F)(F)C2)cn1. The number of rotatable bonds is 5. The normalized spacial score (nSPS) is 19.8. The van der Waals surface area contributed by atoms with Crippen molar-refractivity contribution >= 4 is 23.2 Å². The summed E-state index contributed by atoms with van der Waals surface area (Å²) in [5.41, 5.74) is 2.01. The van der Waals surface area contributed by atoms with Crippen molar-refractivity contribution in [2.45, 2.75) is 38.2 Å². The van der Waals surface area contributed by atoms with E-state index in [2.05, 4.69) is 37.3 Å². The number of pyridine rings is 2. The second-order valence-electron chi connectivity index (χ2n) is 8.60. The van der Waals surface area contributed by atoms with Crippen molar-refractivity contribution in [1.82, 2.24) is 20.2 Å². The first kappa shape index (κ1) is 21.3. The van der Waals surface area contributed by atoms with Gasteiger partial charge in [0.2, 0.25) is 0 Å². The number of carbonyl (C=O) groups excluding carboxylic acids is 1. The van der Waals surface area contributed by atoms with Crippen molar-refractivity contribution in [3.8, 4) is 11.3 Å². The molecule has 10 heteroatoms. The van der Waals surface area contributed by atoms with Gasteiger partial charge in [-0.05, 0) is 44.0 Å². The monoisotopic (exact) mass is 453 g/mol. The molecule has 0 spiro atoms. The third-order valence-electron chi connectivity index (χ3n) is 6.29. The van der Waals surface area contributed by atoms with Crippen LogP contribution in [0.5, 0.6) is 0 Å². The molecule has 2 saturated heterocycles. The highest BCUT2D eigenvalue weighted by atomic mass is 19.3. The Labute approximate surface area is 190 Å². The van der Waals surface area contributed by atoms with Crippen LogP contribution < -0.4 is 15.1 Å². The quantitative estimate of drug-likeness (QED) is 0.608. The van der Waals surface area contributed by atoms with Crippen LogP contribution in [0.3, 0.4) is 0 Å². The summed E-state index contributed by atoms with van der Waals surface area (Å²) in [5, 5.41) is 9.74. The Morgan fingerprint density at radius 2 is 2.06 bits per heavy atom. The van der Waals surface area contributed by atoms with Crippen molar-refractivity contribution in [1.29, 1.82) is 0 Å². The molecule has 2 aliphatic rings. The highest BCUT2D eigenvalue weighted by Gasteiger charge is 2.40. The van der Waals surface area contributed by atoms with Crippen LogP contribution in [0.2, 0.25) is 0 Å². The van der Waals surface area contributed by atoms with Gasteiger partial charge in [-0.15, -0.1) is 0 Å². The summed E-state index contributed by atoms with van der Waals surface area (Å²) in [6, 6.07) is 7.47. The van der Waals surface area contributed by atoms with Crippen LogP contribution in [0.25, 0.3) is 11.3 Å². The molecule has 1 atom stereocenters. The molecule has 8 nitrogen and oxygen atoms in total. The number of aromatic nitrogens is 4. The van der Waals surface area contributed by atoms with E-state index >= 15 is 0 Å². The zero-order chi connectivity index (χ0) is 23.0. The molecule has 2 fully saturated rings. The lowest BCUT2D eigenvalue weighted by Crippen LogP contribution is -2.28. The molecule has 0 radical (unpaired) electrons. The fourth-order valence-electron chi connectivity index (χ4n) is 4.51. The van der Waals surface area contributed by atoms with Gasteiger partial charge in [-0.1, -0.05) is 0 Å². The van der Waals surface area contributed by atoms with Gasteiger partial charge in [-0.3, -0.25) is 9.89 Å². The average Bonchev–Trinajstić information content (AvgIpc) is 3.55. The van der Waals surface area contributed by atoms with E-state index in [1.165, 1.54) is 4.90 Å². The summed E-state index contributed by atoms with van der Waals surface area (Å²) in [4.78, 5) is 25.7. The number of halogens is 2. The summed E-state index contributed by atoms with van der Waals surface area (Å²) in [6.07, 6.45) is 6.68. The first-order valence-electron chi connectivity index (χ1n) is 11.1. The predicted molar refractivity (Wildman–Crippen MR) is 122 cm³/mol. The molecule has 172 valence electrons. The number of alkyl halides is 2. The maximum Gasteiger partial charge on any atom is 0.266 e. The molecule has 0 saturated carbocycles. The van der Waals surface area contributed by atoms with Crippen LogP contribution in [0, 0.1) is 0 Å². The number of amides is 1. The van der Waals surface area contributed by atoms with E-state index in [4.69, 9.17) is 0 Å². The Morgan fingerprint density at radius 1 is 1.18 bits per heavy atom. The molecule has 0 aliphatic carbocycles. The van der Waals surface area contributed by atoms with Gasteiger partial charge in [0.05, 0.1) is 23.5 Å². The molecule has 33 heavy (non-hydrogen) atoms. The number of hydrogen-bond acceptors (Lipinski definition) is 6. The van der Waals surface area contributed by atoms with Crippen LogP contribution >= 0.6 is 0 Å². The molecular formula is C23H25F2N7O. The largest absolute Gasteiger partial charge is 0.354 e. The van der Waals surface area contributed by atoms with Gasteiger partial charge in [0.15, 0.2) is 5.82 Å². The summed E-state index contributed by atoms with van der Waals surface area (Å²) >= 11 is 0. The molecule has 0 unspecified atom stereocenters. The molecular weight excluding hydrogens is 428 g/mol. The van der Waals surface area contributed by atoms with E-state index in [0.29, 0.717) is 34.4 Å². The minimum absolute atomic E-state index is 0.152. The van der Waals surface area contributed by atoms with Gasteiger partial charge in [0.1, 0.15) is 5.82 Å². The molecule has 1 amide bonds. The summed E-state index contributed by atoms with van der Waals surface area (Å²) < 4.78 is 27.8. The fourth-order valence-corrected chi connectivity index (χ4v) is 4.51. The first-order chi connectivity index (χ1) is 15.9. The minimum atomic E-state index is -2.79. The van der Waals surface area contributed by atoms with Crippen molar-refractivity contribution in [2.75, 3.05) is 34.8 Å². The number of H-pyrrole nitrogens is 1. The first-order valence-corrected chi connectivity index (χ1v) is 11.1. The van der Waals surface area contributed by atoms with Crippen LogP contribution in [-0.4, -0.2) is 57.7 Å². The van der Waals surface area contributed by atoms with Crippen LogP contribution in [0.1, 0.15) is 36.5 Å². The fraction of sp³-hybridized carbons (Fsp3) is 0.391. The van der Waals surface area contributed by atoms with E-state index in [0.717, 1.165) is 25.2 Å². The molecule has 2 N–H and O–H groups in total. The Hall–Kier alpha value is -3.56. The molecule has 0 aromatic carbocycles. The second kappa shape index (κ2) is 8.42. The Balaban J connectivity index is 1.45. The van der Waals surface area contributed by atoms with Gasteiger partial charge in [0.25, 0.3) is 11.8 Å². The molecule has 3 aromatic rings. The molecule has 0 bridgehead atoms. The number of anilines is 3. The third kappa shape index (κ3) is 4.24. The summed E-state index contributed by atoms with van der Waals surface area (Å²) in [6.45, 7) is 2.82. The van der Waals surface area contributed by atoms with Gasteiger partial charge in [-0.2, -0.15) is 5.10 Å². The summed E-state index contributed by atoms with van der Waals surface area (Å²) in [7, 11) is 0. The third-order valence-corrected chi connectivity index (χ3v) is 6.29. The standard InChI is InChI=1S/C23H25F2N7O/c1-15-3-2-11-32(15)19-5-4-16(13-27-19)22(33)29-20-17(18-7-10-28-30-18)6-9-26-21(20)31-12-8-23(24,25)14-31/h4-7,9-10,13,15H,2-3,8,11-12,14H2,1H3,(H,28,30)(H,29,33)/t15-/m1/s1. The van der Waals surface area contributed by atoms with Gasteiger partial charge in [0, 0.05) is 49.7 Å². The Bertz CT molecular complexity index is 1130. The lowest BCUT2D eigenvalue weighted by molar-refractivity contribution is 0.0257. The number of carbonyl (C=O) groups is 1. The number of nitrogens with one attached hydrogen (secondary N) is 2. The van der Waals surface area contributed by atoms with Crippen molar-refractivity contribution in [3.63, 3.8) is 0 Å². The lowest BCUT2D eigenvalue weighted by atomic mass is 10.1. The zero-order valence-corrected chi connectivity index (χ0v) is 18.3. The highest BCUT2D eigenvalue weighted by Crippen LogP contribution is 2.38. The Morgan fingerprint density at radius 3 is 2.70 bits per heavy atom. The maximum absolute atomic E-state index is 13.9. The van der Waals surface area contributed by atoms with Crippen LogP contribution in [-0.2, 0) is 0 Å². The number of aromatic amines is 1. The summed E-state index contributed by atoms with van der Waals surface area (Å²) in [5.74, 6) is -2.02. The average molecular weight is 453 g/mol. The molecule has 2 aliphatic heterocycles. The van der Waals surface area contributed by atoms with Crippen molar-refractivity contribution in [3.05, 3.63) is 48.4 Å². The minimum Gasteiger partial charge on any atom is -0.354 e. The van der Waals surface area contributed by atoms with Crippen LogP contribution in [0.4, 0.5) is 26.1 Å². The van der Waals surface area contributed by atoms with E-state index in [1.807, 2.05) is 6.07 Å². The maximum atomic E-state index is 13.9. The highest BCUT2D eigenvalue weighted by molar-refractivity contribution is 6.08. The number of nitrogens with zero attached hydrogens (tertiary/aromatic N) is 5. The molecule has 3 aromatic heterocycles. The van der Waals surface area contributed by atoms with E-state index in [-0.39, 0.29) is 18.9 Å². The smallest absolute Gasteiger partial charge is 0.266 e. The second-order valence-corrected chi connectivity index (χ2v) is 8.60. The Kier molecular flexibility index (Phi) is 5.43. The predicted octanol–water partition coefficient (Wildman–Crippen LogP) is 3.95. The lowest BCUT2D eigenvalue weighted by Gasteiger charge is -2.23. The zero-order valence-electron chi connectivity index (χ0n) is 18.3. The molecule has 5 rings (SSSR count). The van der Waals surface area contributed by atoms with Gasteiger partial charge in [-0.25, -0.2) is 18.7 Å². The van der Waals surface area contributed by atoms with E-state index < -0.39 is 12.5 Å². The van der Waals surface area contributed by atoms with Crippen molar-refractivity contribution < 1.29 is 13.6 Å². The van der Waals surface area contributed by atoms with Crippen molar-refractivity contribution in [2.24, 2.45) is 0 Å². The number of hydrogen-bond donors (Lipinski definition) is 2. The van der Waals surface area contributed by atoms with Gasteiger partial charge < -0.3 is 15.1 Å². The van der Waals surface area contributed by atoms with E-state index in [9.17, 15) is 13.6 Å². The van der Waals surface area contributed by atoms with Gasteiger partial charge >= 0.3 is 0 Å². The topological polar surface area (TPSA) is 90.0 Å². The van der Waals surface area contributed by atoms with Crippen LogP contribution in [0.15, 0.2) is 42.9 Å². The molecule has 5 heterocycles. The van der Waals surface area contributed by atoms with E-state index in [1.54, 1.807) is 36.8 Å².